The first-order valence-corrected chi connectivity index (χ1v) is 14.0. The second kappa shape index (κ2) is 12.0. The van der Waals surface area contributed by atoms with E-state index in [0.717, 1.165) is 60.2 Å². The van der Waals surface area contributed by atoms with Crippen molar-refractivity contribution in [3.8, 4) is 5.75 Å². The van der Waals surface area contributed by atoms with Crippen LogP contribution in [0.2, 0.25) is 0 Å². The number of likely N-dealkylation sites (tertiary alicyclic amines) is 1. The minimum absolute atomic E-state index is 0.117. The van der Waals surface area contributed by atoms with E-state index in [0.29, 0.717) is 50.3 Å². The van der Waals surface area contributed by atoms with Gasteiger partial charge in [0.05, 0.1) is 24.3 Å². The Balaban J connectivity index is 1.49. The number of piperidine rings is 1. The van der Waals surface area contributed by atoms with Crippen molar-refractivity contribution >= 4 is 28.5 Å². The number of ether oxygens (including phenoxy) is 1. The summed E-state index contributed by atoms with van der Waals surface area (Å²) in [6, 6.07) is 15.6. The Bertz CT molecular complexity index is 1340. The van der Waals surface area contributed by atoms with Gasteiger partial charge in [-0.05, 0) is 62.4 Å². The van der Waals surface area contributed by atoms with E-state index in [1.807, 2.05) is 21.9 Å². The maximum Gasteiger partial charge on any atom is 0.257 e. The standard InChI is InChI=1S/C31H38N4O4/c1-22-12-13-23-19-24(30(32-27(23)18-22)34-15-5-8-25(36)21-34)20-35(17-7-16-33-14-6-11-29(33)37)31(38)26-9-3-4-10-28(26)39-2/h3-4,9-10,12-13,18-19,25,36H,5-8,11,14-17,20-21H2,1-2H3/t25-/m1/s1. The SMILES string of the molecule is COc1ccccc1C(=O)N(CCCN1CCCC1=O)Cc1cc2ccc(C)cc2nc1N1CCC[C@@H](O)C1. The lowest BCUT2D eigenvalue weighted by Crippen LogP contribution is -2.40. The number of anilines is 1. The third-order valence-electron chi connectivity index (χ3n) is 7.74. The highest BCUT2D eigenvalue weighted by molar-refractivity contribution is 5.97. The number of benzene rings is 2. The van der Waals surface area contributed by atoms with Crippen molar-refractivity contribution in [2.45, 2.75) is 51.7 Å². The average molecular weight is 531 g/mol. The fraction of sp³-hybridized carbons (Fsp3) is 0.452. The summed E-state index contributed by atoms with van der Waals surface area (Å²) in [5, 5.41) is 11.4. The van der Waals surface area contributed by atoms with Crippen LogP contribution in [0.4, 0.5) is 5.82 Å². The molecule has 0 radical (unpaired) electrons. The first-order valence-electron chi connectivity index (χ1n) is 14.0. The number of hydrogen-bond acceptors (Lipinski definition) is 6. The van der Waals surface area contributed by atoms with Gasteiger partial charge in [0.25, 0.3) is 5.91 Å². The highest BCUT2D eigenvalue weighted by atomic mass is 16.5. The number of carbonyl (C=O) groups excluding carboxylic acids is 2. The Morgan fingerprint density at radius 3 is 2.77 bits per heavy atom. The molecule has 3 heterocycles. The summed E-state index contributed by atoms with van der Waals surface area (Å²) in [5.74, 6) is 1.43. The molecule has 0 saturated carbocycles. The van der Waals surface area contributed by atoms with E-state index in [1.54, 1.807) is 19.2 Å². The molecular formula is C31H38N4O4. The fourth-order valence-corrected chi connectivity index (χ4v) is 5.69. The summed E-state index contributed by atoms with van der Waals surface area (Å²) in [7, 11) is 1.57. The van der Waals surface area contributed by atoms with Crippen LogP contribution in [0, 0.1) is 6.92 Å². The first-order chi connectivity index (χ1) is 18.9. The molecule has 1 aromatic heterocycles. The molecule has 8 heteroatoms. The van der Waals surface area contributed by atoms with Crippen molar-refractivity contribution in [1.29, 1.82) is 0 Å². The van der Waals surface area contributed by atoms with E-state index in [2.05, 4.69) is 36.1 Å². The number of para-hydroxylation sites is 1. The van der Waals surface area contributed by atoms with Crippen LogP contribution in [0.3, 0.4) is 0 Å². The smallest absolute Gasteiger partial charge is 0.257 e. The van der Waals surface area contributed by atoms with Crippen molar-refractivity contribution in [2.24, 2.45) is 0 Å². The zero-order valence-corrected chi connectivity index (χ0v) is 22.9. The molecule has 5 rings (SSSR count). The molecule has 1 atom stereocenters. The molecule has 2 aliphatic rings. The molecule has 206 valence electrons. The molecule has 2 aliphatic heterocycles. The number of aliphatic hydroxyl groups is 1. The number of fused-ring (bicyclic) bond motifs is 1. The average Bonchev–Trinajstić information content (AvgIpc) is 3.36. The van der Waals surface area contributed by atoms with Crippen LogP contribution in [0.5, 0.6) is 5.75 Å². The Morgan fingerprint density at radius 2 is 2.00 bits per heavy atom. The summed E-state index contributed by atoms with van der Waals surface area (Å²) in [6.07, 6.45) is 3.47. The highest BCUT2D eigenvalue weighted by Gasteiger charge is 2.26. The number of carbonyl (C=O) groups is 2. The quantitative estimate of drug-likeness (QED) is 0.447. The largest absolute Gasteiger partial charge is 0.496 e. The van der Waals surface area contributed by atoms with E-state index in [9.17, 15) is 14.7 Å². The molecule has 2 saturated heterocycles. The van der Waals surface area contributed by atoms with Crippen LogP contribution in [0.15, 0.2) is 48.5 Å². The number of nitrogens with zero attached hydrogens (tertiary/aromatic N) is 4. The van der Waals surface area contributed by atoms with Crippen molar-refractivity contribution < 1.29 is 19.4 Å². The molecule has 0 bridgehead atoms. The van der Waals surface area contributed by atoms with E-state index in [1.165, 1.54) is 0 Å². The number of aryl methyl sites for hydroxylation is 1. The summed E-state index contributed by atoms with van der Waals surface area (Å²) < 4.78 is 5.52. The normalized spacial score (nSPS) is 17.6. The van der Waals surface area contributed by atoms with Crippen molar-refractivity contribution in [3.05, 3.63) is 65.2 Å². The molecule has 2 amide bonds. The molecule has 3 aromatic rings. The van der Waals surface area contributed by atoms with E-state index >= 15 is 0 Å². The predicted octanol–water partition coefficient (Wildman–Crippen LogP) is 4.17. The van der Waals surface area contributed by atoms with Crippen LogP contribution in [-0.4, -0.2) is 77.6 Å². The van der Waals surface area contributed by atoms with Gasteiger partial charge in [-0.2, -0.15) is 0 Å². The Labute approximate surface area is 230 Å². The minimum Gasteiger partial charge on any atom is -0.496 e. The lowest BCUT2D eigenvalue weighted by atomic mass is 10.0. The number of aliphatic hydroxyl groups excluding tert-OH is 1. The lowest BCUT2D eigenvalue weighted by molar-refractivity contribution is -0.127. The number of aromatic nitrogens is 1. The fourth-order valence-electron chi connectivity index (χ4n) is 5.69. The van der Waals surface area contributed by atoms with Gasteiger partial charge < -0.3 is 24.5 Å². The summed E-state index contributed by atoms with van der Waals surface area (Å²) >= 11 is 0. The van der Waals surface area contributed by atoms with Gasteiger partial charge in [0.1, 0.15) is 11.6 Å². The lowest BCUT2D eigenvalue weighted by Gasteiger charge is -2.34. The molecule has 0 unspecified atom stereocenters. The molecule has 2 fully saturated rings. The van der Waals surface area contributed by atoms with Crippen molar-refractivity contribution in [2.75, 3.05) is 44.7 Å². The summed E-state index contributed by atoms with van der Waals surface area (Å²) in [5.41, 5.74) is 3.50. The third kappa shape index (κ3) is 6.17. The molecule has 8 nitrogen and oxygen atoms in total. The monoisotopic (exact) mass is 530 g/mol. The molecule has 0 spiro atoms. The molecule has 39 heavy (non-hydrogen) atoms. The van der Waals surface area contributed by atoms with Crippen molar-refractivity contribution in [3.63, 3.8) is 0 Å². The number of hydrogen-bond donors (Lipinski definition) is 1. The second-order valence-electron chi connectivity index (χ2n) is 10.7. The molecule has 2 aromatic carbocycles. The van der Waals surface area contributed by atoms with Gasteiger partial charge in [-0.15, -0.1) is 0 Å². The highest BCUT2D eigenvalue weighted by Crippen LogP contribution is 2.29. The van der Waals surface area contributed by atoms with Gasteiger partial charge in [-0.1, -0.05) is 24.3 Å². The van der Waals surface area contributed by atoms with Crippen LogP contribution >= 0.6 is 0 Å². The number of rotatable bonds is 9. The number of amides is 2. The summed E-state index contributed by atoms with van der Waals surface area (Å²) in [4.78, 5) is 37.1. The number of methoxy groups -OCH3 is 1. The van der Waals surface area contributed by atoms with Gasteiger partial charge in [0, 0.05) is 56.6 Å². The Morgan fingerprint density at radius 1 is 1.15 bits per heavy atom. The van der Waals surface area contributed by atoms with E-state index in [-0.39, 0.29) is 11.8 Å². The van der Waals surface area contributed by atoms with E-state index < -0.39 is 6.10 Å². The topological polar surface area (TPSA) is 86.2 Å². The van der Waals surface area contributed by atoms with Gasteiger partial charge in [-0.25, -0.2) is 4.98 Å². The van der Waals surface area contributed by atoms with Gasteiger partial charge >= 0.3 is 0 Å². The van der Waals surface area contributed by atoms with E-state index in [4.69, 9.17) is 9.72 Å². The maximum absolute atomic E-state index is 14.0. The first kappa shape index (κ1) is 26.9. The Kier molecular flexibility index (Phi) is 8.31. The van der Waals surface area contributed by atoms with Gasteiger partial charge in [0.15, 0.2) is 0 Å². The minimum atomic E-state index is -0.397. The summed E-state index contributed by atoms with van der Waals surface area (Å²) in [6.45, 7) is 5.67. The zero-order chi connectivity index (χ0) is 27.4. The second-order valence-corrected chi connectivity index (χ2v) is 10.7. The van der Waals surface area contributed by atoms with Gasteiger partial charge in [-0.3, -0.25) is 9.59 Å². The molecule has 0 aliphatic carbocycles. The molecular weight excluding hydrogens is 492 g/mol. The predicted molar refractivity (Wildman–Crippen MR) is 152 cm³/mol. The Hall–Kier alpha value is -3.65. The maximum atomic E-state index is 14.0. The van der Waals surface area contributed by atoms with Crippen LogP contribution in [0.25, 0.3) is 10.9 Å². The number of pyridine rings is 1. The molecule has 1 N–H and O–H groups in total. The van der Waals surface area contributed by atoms with Crippen LogP contribution in [-0.2, 0) is 11.3 Å². The number of β-amino-alcohol motifs (C(OH)–C–C–N with tert-alkyl or cyclic N) is 1. The third-order valence-corrected chi connectivity index (χ3v) is 7.74. The zero-order valence-electron chi connectivity index (χ0n) is 22.9. The van der Waals surface area contributed by atoms with Crippen LogP contribution < -0.4 is 9.64 Å². The van der Waals surface area contributed by atoms with Crippen molar-refractivity contribution in [1.82, 2.24) is 14.8 Å². The van der Waals surface area contributed by atoms with Gasteiger partial charge in [0.2, 0.25) is 5.91 Å². The van der Waals surface area contributed by atoms with Crippen LogP contribution in [0.1, 0.15) is 53.6 Å².